The average molecular weight is 262 g/mol. The Labute approximate surface area is 116 Å². The number of unbranched alkanes of at least 4 members (excludes halogenated alkanes) is 2. The smallest absolute Gasteiger partial charge is 0.0594 e. The zero-order chi connectivity index (χ0) is 13.3. The number of morpholine rings is 1. The molecule has 106 valence electrons. The van der Waals surface area contributed by atoms with E-state index in [1.807, 2.05) is 0 Å². The summed E-state index contributed by atoms with van der Waals surface area (Å²) in [5, 5.41) is 3.48. The summed E-state index contributed by atoms with van der Waals surface area (Å²) in [6.07, 6.45) is 3.84. The molecule has 3 nitrogen and oxygen atoms in total. The molecule has 0 atom stereocenters. The predicted octanol–water partition coefficient (Wildman–Crippen LogP) is 3.12. The van der Waals surface area contributed by atoms with Crippen molar-refractivity contribution in [1.82, 2.24) is 4.90 Å². The molecule has 0 radical (unpaired) electrons. The van der Waals surface area contributed by atoms with Crippen LogP contribution in [0.4, 0.5) is 5.69 Å². The largest absolute Gasteiger partial charge is 0.385 e. The first-order valence-corrected chi connectivity index (χ1v) is 7.51. The minimum atomic E-state index is 0.872. The fraction of sp³-hybridized carbons (Fsp3) is 0.625. The van der Waals surface area contributed by atoms with Crippen LogP contribution in [-0.2, 0) is 11.3 Å². The number of hydrogen-bond acceptors (Lipinski definition) is 3. The van der Waals surface area contributed by atoms with E-state index < -0.39 is 0 Å². The first-order valence-electron chi connectivity index (χ1n) is 7.51. The molecule has 1 aliphatic heterocycles. The third-order valence-corrected chi connectivity index (χ3v) is 3.57. The van der Waals surface area contributed by atoms with Crippen LogP contribution in [0, 0.1) is 0 Å². The van der Waals surface area contributed by atoms with Gasteiger partial charge in [0, 0.05) is 31.9 Å². The molecule has 19 heavy (non-hydrogen) atoms. The first-order chi connectivity index (χ1) is 9.38. The third-order valence-electron chi connectivity index (χ3n) is 3.57. The van der Waals surface area contributed by atoms with Crippen LogP contribution in [0.2, 0.25) is 0 Å². The molecule has 1 N–H and O–H groups in total. The van der Waals surface area contributed by atoms with Crippen LogP contribution in [0.15, 0.2) is 24.3 Å². The van der Waals surface area contributed by atoms with Crippen molar-refractivity contribution < 1.29 is 4.74 Å². The van der Waals surface area contributed by atoms with Gasteiger partial charge in [-0.15, -0.1) is 0 Å². The lowest BCUT2D eigenvalue weighted by Crippen LogP contribution is -2.35. The van der Waals surface area contributed by atoms with Crippen molar-refractivity contribution in [2.75, 3.05) is 38.2 Å². The van der Waals surface area contributed by atoms with Gasteiger partial charge < -0.3 is 10.1 Å². The molecule has 0 aliphatic carbocycles. The van der Waals surface area contributed by atoms with Crippen LogP contribution in [-0.4, -0.2) is 37.7 Å². The monoisotopic (exact) mass is 262 g/mol. The molecule has 1 aliphatic rings. The van der Waals surface area contributed by atoms with Gasteiger partial charge in [-0.05, 0) is 24.1 Å². The first kappa shape index (κ1) is 14.4. The molecule has 1 saturated heterocycles. The molecule has 3 heteroatoms. The lowest BCUT2D eigenvalue weighted by atomic mass is 10.2. The van der Waals surface area contributed by atoms with Gasteiger partial charge in [0.1, 0.15) is 0 Å². The quantitative estimate of drug-likeness (QED) is 0.764. The zero-order valence-corrected chi connectivity index (χ0v) is 12.0. The molecule has 1 aromatic rings. The Morgan fingerprint density at radius 2 is 1.84 bits per heavy atom. The number of anilines is 1. The molecular weight excluding hydrogens is 236 g/mol. The number of ether oxygens (including phenoxy) is 1. The van der Waals surface area contributed by atoms with Crippen molar-refractivity contribution in [1.29, 1.82) is 0 Å². The third kappa shape index (κ3) is 5.21. The molecule has 2 rings (SSSR count). The summed E-state index contributed by atoms with van der Waals surface area (Å²) >= 11 is 0. The SMILES string of the molecule is CCCCCNc1ccc(CN2CCOCC2)cc1. The summed E-state index contributed by atoms with van der Waals surface area (Å²) in [6.45, 7) is 8.21. The molecule has 0 aromatic heterocycles. The van der Waals surface area contributed by atoms with Gasteiger partial charge >= 0.3 is 0 Å². The van der Waals surface area contributed by atoms with Gasteiger partial charge in [-0.25, -0.2) is 0 Å². The van der Waals surface area contributed by atoms with Crippen LogP contribution >= 0.6 is 0 Å². The summed E-state index contributed by atoms with van der Waals surface area (Å²) in [4.78, 5) is 2.45. The van der Waals surface area contributed by atoms with Crippen LogP contribution in [0.3, 0.4) is 0 Å². The second kappa shape index (κ2) is 8.18. The van der Waals surface area contributed by atoms with Crippen molar-refractivity contribution in [3.8, 4) is 0 Å². The fourth-order valence-corrected chi connectivity index (χ4v) is 2.35. The highest BCUT2D eigenvalue weighted by molar-refractivity contribution is 5.44. The Hall–Kier alpha value is -1.06. The summed E-state index contributed by atoms with van der Waals surface area (Å²) in [6, 6.07) is 8.86. The van der Waals surface area contributed by atoms with E-state index in [9.17, 15) is 0 Å². The number of benzene rings is 1. The normalized spacial score (nSPS) is 16.5. The average Bonchev–Trinajstić information content (AvgIpc) is 2.46. The Bertz CT molecular complexity index is 344. The van der Waals surface area contributed by atoms with E-state index in [0.717, 1.165) is 39.4 Å². The van der Waals surface area contributed by atoms with Gasteiger partial charge in [-0.1, -0.05) is 31.9 Å². The van der Waals surface area contributed by atoms with Crippen molar-refractivity contribution in [2.45, 2.75) is 32.7 Å². The Balaban J connectivity index is 1.74. The van der Waals surface area contributed by atoms with Gasteiger partial charge in [-0.3, -0.25) is 4.90 Å². The van der Waals surface area contributed by atoms with E-state index in [0.29, 0.717) is 0 Å². The van der Waals surface area contributed by atoms with Gasteiger partial charge in [0.15, 0.2) is 0 Å². The van der Waals surface area contributed by atoms with E-state index in [1.165, 1.54) is 30.5 Å². The van der Waals surface area contributed by atoms with Crippen molar-refractivity contribution in [2.24, 2.45) is 0 Å². The van der Waals surface area contributed by atoms with E-state index >= 15 is 0 Å². The molecular formula is C16H26N2O. The number of rotatable bonds is 7. The topological polar surface area (TPSA) is 24.5 Å². The molecule has 0 amide bonds. The zero-order valence-electron chi connectivity index (χ0n) is 12.0. The minimum Gasteiger partial charge on any atom is -0.385 e. The highest BCUT2D eigenvalue weighted by Crippen LogP contribution is 2.12. The van der Waals surface area contributed by atoms with Crippen molar-refractivity contribution >= 4 is 5.69 Å². The number of nitrogens with one attached hydrogen (secondary N) is 1. The van der Waals surface area contributed by atoms with Gasteiger partial charge in [0.25, 0.3) is 0 Å². The summed E-state index contributed by atoms with van der Waals surface area (Å²) in [7, 11) is 0. The van der Waals surface area contributed by atoms with Gasteiger partial charge in [-0.2, -0.15) is 0 Å². The highest BCUT2D eigenvalue weighted by atomic mass is 16.5. The lowest BCUT2D eigenvalue weighted by molar-refractivity contribution is 0.0342. The second-order valence-corrected chi connectivity index (χ2v) is 5.22. The van der Waals surface area contributed by atoms with Crippen LogP contribution < -0.4 is 5.32 Å². The van der Waals surface area contributed by atoms with Crippen LogP contribution in [0.1, 0.15) is 31.7 Å². The predicted molar refractivity (Wildman–Crippen MR) is 80.6 cm³/mol. The fourth-order valence-electron chi connectivity index (χ4n) is 2.35. The number of hydrogen-bond donors (Lipinski definition) is 1. The summed E-state index contributed by atoms with van der Waals surface area (Å²) in [5.74, 6) is 0. The molecule has 1 heterocycles. The Kier molecular flexibility index (Phi) is 6.18. The van der Waals surface area contributed by atoms with Crippen LogP contribution in [0.5, 0.6) is 0 Å². The highest BCUT2D eigenvalue weighted by Gasteiger charge is 2.10. The van der Waals surface area contributed by atoms with Crippen molar-refractivity contribution in [3.63, 3.8) is 0 Å². The maximum Gasteiger partial charge on any atom is 0.0594 e. The molecule has 1 aromatic carbocycles. The van der Waals surface area contributed by atoms with E-state index in [1.54, 1.807) is 0 Å². The Morgan fingerprint density at radius 3 is 2.53 bits per heavy atom. The van der Waals surface area contributed by atoms with E-state index in [-0.39, 0.29) is 0 Å². The molecule has 0 saturated carbocycles. The maximum atomic E-state index is 5.37. The van der Waals surface area contributed by atoms with E-state index in [2.05, 4.69) is 41.4 Å². The van der Waals surface area contributed by atoms with Gasteiger partial charge in [0.2, 0.25) is 0 Å². The lowest BCUT2D eigenvalue weighted by Gasteiger charge is -2.26. The van der Waals surface area contributed by atoms with Crippen molar-refractivity contribution in [3.05, 3.63) is 29.8 Å². The minimum absolute atomic E-state index is 0.872. The standard InChI is InChI=1S/C16H26N2O/c1-2-3-4-9-17-16-7-5-15(6-8-16)14-18-10-12-19-13-11-18/h5-8,17H,2-4,9-14H2,1H3. The molecule has 0 unspecified atom stereocenters. The summed E-state index contributed by atoms with van der Waals surface area (Å²) in [5.41, 5.74) is 2.63. The second-order valence-electron chi connectivity index (χ2n) is 5.22. The Morgan fingerprint density at radius 1 is 1.11 bits per heavy atom. The van der Waals surface area contributed by atoms with Gasteiger partial charge in [0.05, 0.1) is 13.2 Å². The van der Waals surface area contributed by atoms with E-state index in [4.69, 9.17) is 4.74 Å². The van der Waals surface area contributed by atoms with Crippen LogP contribution in [0.25, 0.3) is 0 Å². The molecule has 0 spiro atoms. The molecule has 0 bridgehead atoms. The molecule has 1 fully saturated rings. The summed E-state index contributed by atoms with van der Waals surface area (Å²) < 4.78 is 5.37. The number of nitrogens with zero attached hydrogens (tertiary/aromatic N) is 1. The maximum absolute atomic E-state index is 5.37.